The number of aromatic nitrogens is 3. The molecule has 1 aromatic heterocycles. The molecule has 0 amide bonds. The van der Waals surface area contributed by atoms with Gasteiger partial charge in [-0.15, -0.1) is 0 Å². The average Bonchev–Trinajstić information content (AvgIpc) is 2.72. The van der Waals surface area contributed by atoms with Gasteiger partial charge in [-0.3, -0.25) is 0 Å². The molecule has 90 valence electrons. The molecule has 0 aliphatic carbocycles. The van der Waals surface area contributed by atoms with Gasteiger partial charge in [0, 0.05) is 19.4 Å². The third-order valence-electron chi connectivity index (χ3n) is 3.48. The van der Waals surface area contributed by atoms with Crippen molar-refractivity contribution in [3.8, 4) is 0 Å². The molecule has 2 rings (SSSR count). The molecular weight excluding hydrogens is 200 g/mol. The normalized spacial score (nSPS) is 25.9. The van der Waals surface area contributed by atoms with Crippen molar-refractivity contribution in [2.24, 2.45) is 5.92 Å². The van der Waals surface area contributed by atoms with Gasteiger partial charge in [-0.1, -0.05) is 20.8 Å². The van der Waals surface area contributed by atoms with Crippen molar-refractivity contribution in [2.75, 3.05) is 13.1 Å². The van der Waals surface area contributed by atoms with Crippen molar-refractivity contribution in [3.63, 3.8) is 0 Å². The van der Waals surface area contributed by atoms with Crippen LogP contribution in [-0.2, 0) is 12.8 Å². The van der Waals surface area contributed by atoms with Crippen molar-refractivity contribution >= 4 is 0 Å². The zero-order chi connectivity index (χ0) is 11.5. The summed E-state index contributed by atoms with van der Waals surface area (Å²) in [6.45, 7) is 8.75. The van der Waals surface area contributed by atoms with Gasteiger partial charge in [0.1, 0.15) is 5.82 Å². The minimum Gasteiger partial charge on any atom is -0.315 e. The van der Waals surface area contributed by atoms with Crippen LogP contribution in [0.4, 0.5) is 0 Å². The van der Waals surface area contributed by atoms with E-state index in [-0.39, 0.29) is 0 Å². The lowest BCUT2D eigenvalue weighted by Crippen LogP contribution is -2.38. The van der Waals surface area contributed by atoms with E-state index in [1.807, 2.05) is 0 Å². The predicted molar refractivity (Wildman–Crippen MR) is 64.5 cm³/mol. The van der Waals surface area contributed by atoms with Gasteiger partial charge in [-0.05, 0) is 18.9 Å². The Morgan fingerprint density at radius 3 is 2.81 bits per heavy atom. The number of hydrogen-bond donors (Lipinski definition) is 1. The number of nitrogens with zero attached hydrogens (tertiary/aromatic N) is 3. The summed E-state index contributed by atoms with van der Waals surface area (Å²) in [5.74, 6) is 2.81. The Morgan fingerprint density at radius 2 is 2.19 bits per heavy atom. The standard InChI is InChI=1S/C12H22N4/c1-4-11-14-12(5-2)16(15-11)10-8-13-7-6-9(10)3/h9-10,13H,4-8H2,1-3H3. The topological polar surface area (TPSA) is 42.7 Å². The van der Waals surface area contributed by atoms with Crippen molar-refractivity contribution < 1.29 is 0 Å². The van der Waals surface area contributed by atoms with Crippen LogP contribution in [0.2, 0.25) is 0 Å². The van der Waals surface area contributed by atoms with Gasteiger partial charge in [0.15, 0.2) is 5.82 Å². The van der Waals surface area contributed by atoms with Gasteiger partial charge in [0.05, 0.1) is 6.04 Å². The Hall–Kier alpha value is -0.900. The van der Waals surface area contributed by atoms with Gasteiger partial charge < -0.3 is 5.32 Å². The maximum atomic E-state index is 4.64. The first-order valence-corrected chi connectivity index (χ1v) is 6.41. The highest BCUT2D eigenvalue weighted by Gasteiger charge is 2.25. The first-order chi connectivity index (χ1) is 7.76. The quantitative estimate of drug-likeness (QED) is 0.844. The van der Waals surface area contributed by atoms with Crippen LogP contribution in [0.25, 0.3) is 0 Å². The van der Waals surface area contributed by atoms with Crippen molar-refractivity contribution in [1.29, 1.82) is 0 Å². The fourth-order valence-corrected chi connectivity index (χ4v) is 2.36. The van der Waals surface area contributed by atoms with E-state index in [0.29, 0.717) is 12.0 Å². The fraction of sp³-hybridized carbons (Fsp3) is 0.833. The van der Waals surface area contributed by atoms with Crippen LogP contribution >= 0.6 is 0 Å². The Balaban J connectivity index is 2.26. The molecule has 1 aliphatic heterocycles. The highest BCUT2D eigenvalue weighted by molar-refractivity contribution is 4.96. The van der Waals surface area contributed by atoms with Gasteiger partial charge in [0.2, 0.25) is 0 Å². The molecule has 2 unspecified atom stereocenters. The van der Waals surface area contributed by atoms with E-state index in [2.05, 4.69) is 40.9 Å². The maximum absolute atomic E-state index is 4.64. The molecule has 0 saturated carbocycles. The molecule has 16 heavy (non-hydrogen) atoms. The van der Waals surface area contributed by atoms with Crippen molar-refractivity contribution in [1.82, 2.24) is 20.1 Å². The second-order valence-corrected chi connectivity index (χ2v) is 4.63. The first kappa shape index (κ1) is 11.6. The molecule has 0 spiro atoms. The minimum absolute atomic E-state index is 0.483. The molecule has 4 heteroatoms. The van der Waals surface area contributed by atoms with E-state index < -0.39 is 0 Å². The molecule has 0 aromatic carbocycles. The second-order valence-electron chi connectivity index (χ2n) is 4.63. The number of rotatable bonds is 3. The molecule has 2 atom stereocenters. The monoisotopic (exact) mass is 222 g/mol. The lowest BCUT2D eigenvalue weighted by Gasteiger charge is -2.30. The number of nitrogens with one attached hydrogen (secondary N) is 1. The summed E-state index contributed by atoms with van der Waals surface area (Å²) >= 11 is 0. The molecule has 1 aromatic rings. The molecule has 1 N–H and O–H groups in total. The van der Waals surface area contributed by atoms with Crippen molar-refractivity contribution in [3.05, 3.63) is 11.6 Å². The van der Waals surface area contributed by atoms with E-state index in [4.69, 9.17) is 0 Å². The highest BCUT2D eigenvalue weighted by atomic mass is 15.4. The Bertz CT molecular complexity index is 345. The SMILES string of the molecule is CCc1nc(CC)n(C2CNCCC2C)n1. The molecule has 0 radical (unpaired) electrons. The summed E-state index contributed by atoms with van der Waals surface area (Å²) < 4.78 is 2.16. The number of aryl methyl sites for hydroxylation is 2. The van der Waals surface area contributed by atoms with Crippen LogP contribution in [0, 0.1) is 5.92 Å². The van der Waals surface area contributed by atoms with Gasteiger partial charge >= 0.3 is 0 Å². The zero-order valence-corrected chi connectivity index (χ0v) is 10.5. The van der Waals surface area contributed by atoms with Crippen LogP contribution in [-0.4, -0.2) is 27.9 Å². The van der Waals surface area contributed by atoms with Crippen molar-refractivity contribution in [2.45, 2.75) is 46.1 Å². The molecular formula is C12H22N4. The van der Waals surface area contributed by atoms with Gasteiger partial charge in [-0.25, -0.2) is 9.67 Å². The summed E-state index contributed by atoms with van der Waals surface area (Å²) in [5, 5.41) is 8.09. The summed E-state index contributed by atoms with van der Waals surface area (Å²) in [6, 6.07) is 0.483. The largest absolute Gasteiger partial charge is 0.315 e. The lowest BCUT2D eigenvalue weighted by atomic mass is 9.95. The average molecular weight is 222 g/mol. The Morgan fingerprint density at radius 1 is 1.38 bits per heavy atom. The highest BCUT2D eigenvalue weighted by Crippen LogP contribution is 2.24. The van der Waals surface area contributed by atoms with E-state index in [1.165, 1.54) is 6.42 Å². The Labute approximate surface area is 97.5 Å². The third-order valence-corrected chi connectivity index (χ3v) is 3.48. The van der Waals surface area contributed by atoms with Crippen LogP contribution < -0.4 is 5.32 Å². The molecule has 1 aliphatic rings. The summed E-state index contributed by atoms with van der Waals surface area (Å²) in [7, 11) is 0. The zero-order valence-electron chi connectivity index (χ0n) is 10.5. The van der Waals surface area contributed by atoms with Gasteiger partial charge in [-0.2, -0.15) is 5.10 Å². The maximum Gasteiger partial charge on any atom is 0.150 e. The molecule has 1 saturated heterocycles. The van der Waals surface area contributed by atoms with Gasteiger partial charge in [0.25, 0.3) is 0 Å². The predicted octanol–water partition coefficient (Wildman–Crippen LogP) is 1.57. The Kier molecular flexibility index (Phi) is 3.59. The van der Waals surface area contributed by atoms with Crippen LogP contribution in [0.5, 0.6) is 0 Å². The lowest BCUT2D eigenvalue weighted by molar-refractivity contribution is 0.250. The number of piperidine rings is 1. The van der Waals surface area contributed by atoms with E-state index in [0.717, 1.165) is 37.6 Å². The van der Waals surface area contributed by atoms with E-state index in [1.54, 1.807) is 0 Å². The first-order valence-electron chi connectivity index (χ1n) is 6.41. The molecule has 1 fully saturated rings. The van der Waals surface area contributed by atoms with E-state index in [9.17, 15) is 0 Å². The fourth-order valence-electron chi connectivity index (χ4n) is 2.36. The summed E-state index contributed by atoms with van der Waals surface area (Å²) in [4.78, 5) is 4.58. The smallest absolute Gasteiger partial charge is 0.150 e. The molecule has 2 heterocycles. The third kappa shape index (κ3) is 2.12. The molecule has 0 bridgehead atoms. The molecule has 4 nitrogen and oxygen atoms in total. The van der Waals surface area contributed by atoms with Crippen LogP contribution in [0.3, 0.4) is 0 Å². The van der Waals surface area contributed by atoms with Crippen LogP contribution in [0.1, 0.15) is 44.9 Å². The summed E-state index contributed by atoms with van der Waals surface area (Å²) in [5.41, 5.74) is 0. The number of hydrogen-bond acceptors (Lipinski definition) is 3. The minimum atomic E-state index is 0.483. The summed E-state index contributed by atoms with van der Waals surface area (Å²) in [6.07, 6.45) is 3.12. The second kappa shape index (κ2) is 4.95. The van der Waals surface area contributed by atoms with Crippen LogP contribution in [0.15, 0.2) is 0 Å². The van der Waals surface area contributed by atoms with E-state index >= 15 is 0 Å².